The van der Waals surface area contributed by atoms with E-state index in [1.54, 1.807) is 6.07 Å². The molecule has 3 aromatic rings. The number of fused-ring (bicyclic) bond motifs is 4. The number of aryl methyl sites for hydroxylation is 1. The predicted molar refractivity (Wildman–Crippen MR) is 198 cm³/mol. The van der Waals surface area contributed by atoms with Gasteiger partial charge < -0.3 is 20.1 Å². The summed E-state index contributed by atoms with van der Waals surface area (Å²) in [6, 6.07) is 20.9. The Bertz CT molecular complexity index is 1770. The number of halogens is 1. The lowest BCUT2D eigenvalue weighted by atomic mass is 9.61. The molecule has 1 saturated carbocycles. The molecular weight excluding hydrogens is 670 g/mol. The molecule has 2 bridgehead atoms. The van der Waals surface area contributed by atoms with Crippen molar-refractivity contribution in [2.24, 2.45) is 17.8 Å². The van der Waals surface area contributed by atoms with E-state index in [4.69, 9.17) is 16.3 Å². The first-order valence-corrected chi connectivity index (χ1v) is 19.7. The molecule has 5 unspecified atom stereocenters. The molecule has 0 aromatic heterocycles. The Kier molecular flexibility index (Phi) is 10.0. The van der Waals surface area contributed by atoms with E-state index in [2.05, 4.69) is 34.0 Å². The lowest BCUT2D eigenvalue weighted by Gasteiger charge is -2.52. The van der Waals surface area contributed by atoms with Gasteiger partial charge in [0.1, 0.15) is 16.7 Å². The Morgan fingerprint density at radius 2 is 1.88 bits per heavy atom. The second-order valence-electron chi connectivity index (χ2n) is 15.2. The van der Waals surface area contributed by atoms with Crippen molar-refractivity contribution in [1.82, 2.24) is 10.0 Å². The van der Waals surface area contributed by atoms with Crippen LogP contribution in [0.2, 0.25) is 5.02 Å². The zero-order valence-electron chi connectivity index (χ0n) is 29.0. The van der Waals surface area contributed by atoms with E-state index >= 15 is 0 Å². The van der Waals surface area contributed by atoms with Gasteiger partial charge in [-0.05, 0) is 123 Å². The van der Waals surface area contributed by atoms with Gasteiger partial charge in [-0.1, -0.05) is 49.2 Å². The van der Waals surface area contributed by atoms with Crippen molar-refractivity contribution >= 4 is 40.1 Å². The summed E-state index contributed by atoms with van der Waals surface area (Å²) >= 11 is 6.47. The SMILES string of the molecule is CC1CCC[C@@](CO)(NC(=O)c2ccccc2)C2CCC2CN2C[C@@]3(CCCc4cc(Cl)ccc43)COc3ccc(cc32)C(=O)NS(=O)C1C. The van der Waals surface area contributed by atoms with Gasteiger partial charge in [-0.25, -0.2) is 4.21 Å². The highest BCUT2D eigenvalue weighted by Gasteiger charge is 2.50. The van der Waals surface area contributed by atoms with Crippen LogP contribution in [-0.4, -0.2) is 58.2 Å². The molecule has 2 heterocycles. The molecule has 4 aliphatic rings. The molecule has 1 fully saturated rings. The fourth-order valence-electron chi connectivity index (χ4n) is 8.95. The van der Waals surface area contributed by atoms with Crippen molar-refractivity contribution in [3.05, 3.63) is 94.0 Å². The van der Waals surface area contributed by atoms with E-state index in [0.717, 1.165) is 55.7 Å². The molecule has 0 radical (unpaired) electrons. The van der Waals surface area contributed by atoms with Crippen LogP contribution in [0.3, 0.4) is 0 Å². The molecule has 2 amide bonds. The monoisotopic (exact) mass is 717 g/mol. The van der Waals surface area contributed by atoms with Gasteiger partial charge in [-0.15, -0.1) is 0 Å². The number of benzene rings is 3. The number of ether oxygens (including phenoxy) is 1. The number of aliphatic hydroxyl groups excluding tert-OH is 1. The quantitative estimate of drug-likeness (QED) is 0.282. The number of aliphatic hydroxyl groups is 1. The number of hydrogen-bond acceptors (Lipinski definition) is 6. The lowest BCUT2D eigenvalue weighted by Crippen LogP contribution is -2.62. The van der Waals surface area contributed by atoms with Crippen LogP contribution in [-0.2, 0) is 22.8 Å². The summed E-state index contributed by atoms with van der Waals surface area (Å²) in [6.07, 6.45) is 6.87. The van der Waals surface area contributed by atoms with Gasteiger partial charge >= 0.3 is 0 Å². The summed E-state index contributed by atoms with van der Waals surface area (Å²) in [7, 11) is -1.60. The van der Waals surface area contributed by atoms with Gasteiger partial charge in [0.15, 0.2) is 0 Å². The van der Waals surface area contributed by atoms with Gasteiger partial charge in [0.2, 0.25) is 0 Å². The molecule has 1 spiro atoms. The van der Waals surface area contributed by atoms with E-state index in [0.29, 0.717) is 43.0 Å². The van der Waals surface area contributed by atoms with Gasteiger partial charge in [-0.3, -0.25) is 14.3 Å². The summed E-state index contributed by atoms with van der Waals surface area (Å²) in [5.74, 6) is 0.442. The van der Waals surface area contributed by atoms with Gasteiger partial charge in [0.25, 0.3) is 11.8 Å². The Labute approximate surface area is 302 Å². The van der Waals surface area contributed by atoms with Gasteiger partial charge in [0.05, 0.1) is 29.7 Å². The minimum absolute atomic E-state index is 0.0439. The first-order valence-electron chi connectivity index (χ1n) is 18.1. The molecule has 7 atom stereocenters. The fourth-order valence-corrected chi connectivity index (χ4v) is 10.2. The fraction of sp³-hybridized carbons (Fsp3) is 0.500. The highest BCUT2D eigenvalue weighted by molar-refractivity contribution is 7.84. The van der Waals surface area contributed by atoms with E-state index in [1.807, 2.05) is 55.5 Å². The van der Waals surface area contributed by atoms with E-state index in [1.165, 1.54) is 11.1 Å². The number of hydrogen-bond donors (Lipinski definition) is 3. The Hall–Kier alpha value is -3.40. The maximum Gasteiger partial charge on any atom is 0.263 e. The first kappa shape index (κ1) is 35.0. The molecule has 3 N–H and O–H groups in total. The zero-order chi connectivity index (χ0) is 35.0. The maximum absolute atomic E-state index is 13.7. The zero-order valence-corrected chi connectivity index (χ0v) is 30.5. The highest BCUT2D eigenvalue weighted by Crippen LogP contribution is 2.49. The minimum Gasteiger partial charge on any atom is -0.490 e. The Morgan fingerprint density at radius 3 is 2.64 bits per heavy atom. The average Bonchev–Trinajstić information content (AvgIpc) is 3.26. The van der Waals surface area contributed by atoms with Crippen LogP contribution in [0, 0.1) is 17.8 Å². The largest absolute Gasteiger partial charge is 0.490 e. The van der Waals surface area contributed by atoms with Crippen LogP contribution < -0.4 is 19.7 Å². The van der Waals surface area contributed by atoms with Crippen molar-refractivity contribution in [2.45, 2.75) is 81.4 Å². The molecule has 266 valence electrons. The topological polar surface area (TPSA) is 108 Å². The summed E-state index contributed by atoms with van der Waals surface area (Å²) in [5.41, 5.74) is 3.25. The van der Waals surface area contributed by atoms with Crippen LogP contribution in [0.4, 0.5) is 5.69 Å². The third-order valence-electron chi connectivity index (χ3n) is 12.2. The van der Waals surface area contributed by atoms with Gasteiger partial charge in [0, 0.05) is 34.7 Å². The molecule has 8 nitrogen and oxygen atoms in total. The predicted octanol–water partition coefficient (Wildman–Crippen LogP) is 6.60. The van der Waals surface area contributed by atoms with Gasteiger partial charge in [-0.2, -0.15) is 0 Å². The number of nitrogens with zero attached hydrogens (tertiary/aromatic N) is 1. The van der Waals surface area contributed by atoms with Crippen LogP contribution in [0.25, 0.3) is 0 Å². The van der Waals surface area contributed by atoms with Crippen LogP contribution in [0.15, 0.2) is 66.7 Å². The molecular formula is C40H48ClN3O5S. The summed E-state index contributed by atoms with van der Waals surface area (Å²) in [4.78, 5) is 29.7. The van der Waals surface area contributed by atoms with E-state index < -0.39 is 16.5 Å². The minimum atomic E-state index is -1.60. The van der Waals surface area contributed by atoms with Crippen LogP contribution in [0.5, 0.6) is 5.75 Å². The number of nitrogens with one attached hydrogen (secondary N) is 2. The van der Waals surface area contributed by atoms with Crippen molar-refractivity contribution < 1.29 is 23.6 Å². The van der Waals surface area contributed by atoms with Crippen molar-refractivity contribution in [2.75, 3.05) is 31.2 Å². The molecule has 10 heteroatoms. The Balaban J connectivity index is 1.30. The molecule has 50 heavy (non-hydrogen) atoms. The standard InChI is InChI=1S/C40H48ClN3O5S/c1-26-8-6-19-40(24-45,42-37(46)28-9-4-3-5-10-28)34-15-12-31(34)22-44-23-39(18-7-11-29-20-32(41)14-16-33(29)39)25-49-36-17-13-30(21-35(36)44)38(47)43-50(48)27(26)2/h3-5,9-10,13-14,16-17,20-21,26-27,31,34,45H,6-8,11-12,15,18-19,22-25H2,1-2H3,(H,42,46)(H,43,47)/t26?,27?,31?,34?,39-,40-,50?/m0/s1. The van der Waals surface area contributed by atoms with Crippen molar-refractivity contribution in [1.29, 1.82) is 0 Å². The van der Waals surface area contributed by atoms with Crippen molar-refractivity contribution in [3.63, 3.8) is 0 Å². The van der Waals surface area contributed by atoms with E-state index in [-0.39, 0.29) is 46.8 Å². The smallest absolute Gasteiger partial charge is 0.263 e. The summed E-state index contributed by atoms with van der Waals surface area (Å²) < 4.78 is 22.9. The Morgan fingerprint density at radius 1 is 1.06 bits per heavy atom. The number of anilines is 1. The summed E-state index contributed by atoms with van der Waals surface area (Å²) in [6.45, 7) is 5.66. The number of carbonyl (C=O) groups excluding carboxylic acids is 2. The van der Waals surface area contributed by atoms with Crippen molar-refractivity contribution in [3.8, 4) is 5.75 Å². The molecule has 2 aliphatic heterocycles. The number of amides is 2. The molecule has 2 aliphatic carbocycles. The second kappa shape index (κ2) is 14.3. The van der Waals surface area contributed by atoms with Crippen LogP contribution in [0.1, 0.15) is 90.6 Å². The highest BCUT2D eigenvalue weighted by atomic mass is 35.5. The molecule has 0 saturated heterocycles. The first-order chi connectivity index (χ1) is 24.1. The molecule has 7 rings (SSSR count). The number of rotatable bonds is 3. The number of carbonyl (C=O) groups is 2. The maximum atomic E-state index is 13.7. The normalized spacial score (nSPS) is 31.2. The third-order valence-corrected chi connectivity index (χ3v) is 13.9. The molecule has 3 aromatic carbocycles. The average molecular weight is 718 g/mol. The third kappa shape index (κ3) is 6.69. The lowest BCUT2D eigenvalue weighted by molar-refractivity contribution is 0.00724. The summed E-state index contributed by atoms with van der Waals surface area (Å²) in [5, 5.41) is 15.1. The van der Waals surface area contributed by atoms with Crippen LogP contribution >= 0.6 is 11.6 Å². The second-order valence-corrected chi connectivity index (χ2v) is 17.1. The van der Waals surface area contributed by atoms with E-state index in [9.17, 15) is 18.9 Å².